The third-order valence-electron chi connectivity index (χ3n) is 3.25. The minimum atomic E-state index is 0.862. The third kappa shape index (κ3) is 5.95. The monoisotopic (exact) mass is 218 g/mol. The lowest BCUT2D eigenvalue weighted by Crippen LogP contribution is -1.99. The van der Waals surface area contributed by atoms with Gasteiger partial charge >= 0.3 is 0 Å². The molecule has 0 spiro atoms. The van der Waals surface area contributed by atoms with Crippen molar-refractivity contribution >= 4 is 0 Å². The van der Waals surface area contributed by atoms with Crippen LogP contribution in [-0.4, -0.2) is 0 Å². The second-order valence-corrected chi connectivity index (χ2v) is 5.45. The number of hydrogen-bond donors (Lipinski definition) is 0. The lowest BCUT2D eigenvalue weighted by molar-refractivity contribution is 0.437. The zero-order chi connectivity index (χ0) is 11.8. The van der Waals surface area contributed by atoms with E-state index in [1.165, 1.54) is 37.7 Å². The topological polar surface area (TPSA) is 0 Å². The predicted octanol–water partition coefficient (Wildman–Crippen LogP) is 5.08. The summed E-state index contributed by atoms with van der Waals surface area (Å²) in [5, 5.41) is 0. The van der Waals surface area contributed by atoms with Crippen LogP contribution in [-0.2, 0) is 6.42 Å². The summed E-state index contributed by atoms with van der Waals surface area (Å²) in [7, 11) is 0. The molecule has 0 heterocycles. The number of rotatable bonds is 7. The van der Waals surface area contributed by atoms with Crippen LogP contribution in [0.25, 0.3) is 0 Å². The van der Waals surface area contributed by atoms with E-state index >= 15 is 0 Å². The van der Waals surface area contributed by atoms with Crippen LogP contribution in [0.1, 0.15) is 52.0 Å². The Morgan fingerprint density at radius 1 is 0.875 bits per heavy atom. The standard InChI is InChI=1S/C16H26/c1-14(2)8-7-9-15(3)12-13-16-10-5-4-6-11-16/h4-6,10-11,14-15H,7-9,12-13H2,1-3H3/t15-/m0/s1. The van der Waals surface area contributed by atoms with E-state index in [2.05, 4.69) is 51.1 Å². The fourth-order valence-electron chi connectivity index (χ4n) is 2.08. The van der Waals surface area contributed by atoms with Gasteiger partial charge in [0.05, 0.1) is 0 Å². The number of benzene rings is 1. The molecule has 0 aliphatic rings. The van der Waals surface area contributed by atoms with Crippen LogP contribution in [0.3, 0.4) is 0 Å². The molecule has 0 nitrogen and oxygen atoms in total. The van der Waals surface area contributed by atoms with Crippen molar-refractivity contribution < 1.29 is 0 Å². The minimum Gasteiger partial charge on any atom is -0.0628 e. The summed E-state index contributed by atoms with van der Waals surface area (Å²) in [6.07, 6.45) is 6.75. The van der Waals surface area contributed by atoms with Crippen molar-refractivity contribution in [3.63, 3.8) is 0 Å². The van der Waals surface area contributed by atoms with E-state index in [4.69, 9.17) is 0 Å². The van der Waals surface area contributed by atoms with Crippen LogP contribution in [0.15, 0.2) is 30.3 Å². The van der Waals surface area contributed by atoms with Gasteiger partial charge in [0.25, 0.3) is 0 Å². The van der Waals surface area contributed by atoms with Gasteiger partial charge in [-0.3, -0.25) is 0 Å². The Bertz CT molecular complexity index is 261. The van der Waals surface area contributed by atoms with Crippen LogP contribution >= 0.6 is 0 Å². The van der Waals surface area contributed by atoms with Crippen molar-refractivity contribution in [3.8, 4) is 0 Å². The molecule has 1 aromatic rings. The molecular formula is C16H26. The highest BCUT2D eigenvalue weighted by Crippen LogP contribution is 2.17. The third-order valence-corrected chi connectivity index (χ3v) is 3.25. The molecule has 16 heavy (non-hydrogen) atoms. The van der Waals surface area contributed by atoms with E-state index < -0.39 is 0 Å². The number of aryl methyl sites for hydroxylation is 1. The zero-order valence-electron chi connectivity index (χ0n) is 11.1. The Balaban J connectivity index is 2.13. The molecule has 0 saturated heterocycles. The molecule has 1 aromatic carbocycles. The van der Waals surface area contributed by atoms with Gasteiger partial charge in [-0.05, 0) is 30.2 Å². The highest BCUT2D eigenvalue weighted by molar-refractivity contribution is 5.14. The molecule has 0 heteroatoms. The lowest BCUT2D eigenvalue weighted by Gasteiger charge is -2.12. The van der Waals surface area contributed by atoms with E-state index in [0.29, 0.717) is 0 Å². The van der Waals surface area contributed by atoms with Crippen molar-refractivity contribution in [3.05, 3.63) is 35.9 Å². The average Bonchev–Trinajstić information content (AvgIpc) is 2.27. The summed E-state index contributed by atoms with van der Waals surface area (Å²) >= 11 is 0. The maximum atomic E-state index is 2.39. The average molecular weight is 218 g/mol. The first kappa shape index (κ1) is 13.3. The summed E-state index contributed by atoms with van der Waals surface area (Å²) in [5.74, 6) is 1.74. The van der Waals surface area contributed by atoms with E-state index in [1.807, 2.05) is 0 Å². The Morgan fingerprint density at radius 3 is 2.19 bits per heavy atom. The molecule has 0 aliphatic heterocycles. The second-order valence-electron chi connectivity index (χ2n) is 5.45. The van der Waals surface area contributed by atoms with Gasteiger partial charge in [-0.25, -0.2) is 0 Å². The maximum Gasteiger partial charge on any atom is -0.0276 e. The Labute approximate surface area is 101 Å². The molecule has 0 fully saturated rings. The summed E-state index contributed by atoms with van der Waals surface area (Å²) in [6.45, 7) is 7.02. The normalized spacial score (nSPS) is 13.0. The van der Waals surface area contributed by atoms with Crippen LogP contribution in [0.5, 0.6) is 0 Å². The van der Waals surface area contributed by atoms with Gasteiger partial charge in [0.2, 0.25) is 0 Å². The van der Waals surface area contributed by atoms with Crippen molar-refractivity contribution in [2.45, 2.75) is 52.9 Å². The van der Waals surface area contributed by atoms with E-state index in [9.17, 15) is 0 Å². The van der Waals surface area contributed by atoms with Crippen LogP contribution in [0.2, 0.25) is 0 Å². The molecule has 0 aliphatic carbocycles. The highest BCUT2D eigenvalue weighted by atomic mass is 14.1. The Hall–Kier alpha value is -0.780. The molecule has 0 aromatic heterocycles. The van der Waals surface area contributed by atoms with Crippen LogP contribution < -0.4 is 0 Å². The fourth-order valence-corrected chi connectivity index (χ4v) is 2.08. The van der Waals surface area contributed by atoms with Gasteiger partial charge in [0, 0.05) is 0 Å². The van der Waals surface area contributed by atoms with Crippen molar-refractivity contribution in [2.24, 2.45) is 11.8 Å². The largest absolute Gasteiger partial charge is 0.0628 e. The maximum absolute atomic E-state index is 2.39. The van der Waals surface area contributed by atoms with Gasteiger partial charge in [-0.1, -0.05) is 70.4 Å². The van der Waals surface area contributed by atoms with Crippen LogP contribution in [0, 0.1) is 11.8 Å². The van der Waals surface area contributed by atoms with Gasteiger partial charge in [0.15, 0.2) is 0 Å². The van der Waals surface area contributed by atoms with E-state index in [-0.39, 0.29) is 0 Å². The lowest BCUT2D eigenvalue weighted by atomic mass is 9.94. The zero-order valence-corrected chi connectivity index (χ0v) is 11.1. The molecule has 0 amide bonds. The van der Waals surface area contributed by atoms with Crippen molar-refractivity contribution in [1.29, 1.82) is 0 Å². The van der Waals surface area contributed by atoms with Crippen LogP contribution in [0.4, 0.5) is 0 Å². The quantitative estimate of drug-likeness (QED) is 0.598. The minimum absolute atomic E-state index is 0.862. The van der Waals surface area contributed by atoms with Gasteiger partial charge in [-0.2, -0.15) is 0 Å². The molecule has 0 N–H and O–H groups in total. The number of hydrogen-bond acceptors (Lipinski definition) is 0. The van der Waals surface area contributed by atoms with Crippen molar-refractivity contribution in [2.75, 3.05) is 0 Å². The molecule has 0 saturated carbocycles. The van der Waals surface area contributed by atoms with Gasteiger partial charge in [0.1, 0.15) is 0 Å². The highest BCUT2D eigenvalue weighted by Gasteiger charge is 2.03. The fraction of sp³-hybridized carbons (Fsp3) is 0.625. The molecule has 0 radical (unpaired) electrons. The first-order valence-corrected chi connectivity index (χ1v) is 6.72. The van der Waals surface area contributed by atoms with Gasteiger partial charge in [-0.15, -0.1) is 0 Å². The van der Waals surface area contributed by atoms with E-state index in [0.717, 1.165) is 11.8 Å². The SMILES string of the molecule is CC(C)CCC[C@H](C)CCc1ccccc1. The molecular weight excluding hydrogens is 192 g/mol. The van der Waals surface area contributed by atoms with Gasteiger partial charge < -0.3 is 0 Å². The second kappa shape index (κ2) is 7.49. The molecule has 1 rings (SSSR count). The molecule has 0 bridgehead atoms. The first-order chi connectivity index (χ1) is 7.68. The summed E-state index contributed by atoms with van der Waals surface area (Å²) in [6, 6.07) is 10.8. The smallest absolute Gasteiger partial charge is 0.0276 e. The molecule has 1 atom stereocenters. The summed E-state index contributed by atoms with van der Waals surface area (Å²) < 4.78 is 0. The Morgan fingerprint density at radius 2 is 1.56 bits per heavy atom. The van der Waals surface area contributed by atoms with E-state index in [1.54, 1.807) is 0 Å². The summed E-state index contributed by atoms with van der Waals surface area (Å²) in [4.78, 5) is 0. The first-order valence-electron chi connectivity index (χ1n) is 6.72. The van der Waals surface area contributed by atoms with Crippen molar-refractivity contribution in [1.82, 2.24) is 0 Å². The predicted molar refractivity (Wildman–Crippen MR) is 72.6 cm³/mol. The molecule has 90 valence electrons. The molecule has 0 unspecified atom stereocenters. The Kier molecular flexibility index (Phi) is 6.22. The summed E-state index contributed by atoms with van der Waals surface area (Å²) in [5.41, 5.74) is 1.48.